The lowest BCUT2D eigenvalue weighted by Gasteiger charge is -2.25. The molecule has 0 radical (unpaired) electrons. The van der Waals surface area contributed by atoms with E-state index in [-0.39, 0.29) is 12.4 Å². The van der Waals surface area contributed by atoms with Crippen LogP contribution in [-0.4, -0.2) is 12.6 Å². The topological polar surface area (TPSA) is 52.3 Å². The second-order valence-electron chi connectivity index (χ2n) is 5.66. The molecule has 0 aliphatic heterocycles. The van der Waals surface area contributed by atoms with Crippen molar-refractivity contribution in [2.75, 3.05) is 6.61 Å². The SMILES string of the molecule is CCOC(=O)CC(N)c1c(C)c(Br)cc(C(C)(C)F)c1C. The summed E-state index contributed by atoms with van der Waals surface area (Å²) < 4.78 is 20.1. The first-order chi connectivity index (χ1) is 9.59. The smallest absolute Gasteiger partial charge is 0.307 e. The highest BCUT2D eigenvalue weighted by Gasteiger charge is 2.27. The molecular weight excluding hydrogens is 337 g/mol. The Hall–Kier alpha value is -0.940. The van der Waals surface area contributed by atoms with Gasteiger partial charge >= 0.3 is 5.97 Å². The standard InChI is InChI=1S/C16H23BrFNO2/c1-6-21-14(20)8-13(19)15-9(2)11(16(4,5)18)7-12(17)10(15)3/h7,13H,6,8,19H2,1-5H3. The quantitative estimate of drug-likeness (QED) is 0.800. The number of hydrogen-bond donors (Lipinski definition) is 1. The molecule has 1 atom stereocenters. The van der Waals surface area contributed by atoms with Crippen molar-refractivity contribution in [1.82, 2.24) is 0 Å². The molecule has 0 aliphatic carbocycles. The van der Waals surface area contributed by atoms with Gasteiger partial charge in [-0.15, -0.1) is 0 Å². The summed E-state index contributed by atoms with van der Waals surface area (Å²) in [5.41, 5.74) is 7.79. The highest BCUT2D eigenvalue weighted by Crippen LogP contribution is 2.37. The van der Waals surface area contributed by atoms with Gasteiger partial charge < -0.3 is 10.5 Å². The van der Waals surface area contributed by atoms with Crippen LogP contribution in [0.15, 0.2) is 10.5 Å². The monoisotopic (exact) mass is 359 g/mol. The summed E-state index contributed by atoms with van der Waals surface area (Å²) in [5, 5.41) is 0. The van der Waals surface area contributed by atoms with Crippen LogP contribution in [-0.2, 0) is 15.2 Å². The average Bonchev–Trinajstić information content (AvgIpc) is 2.32. The van der Waals surface area contributed by atoms with E-state index in [9.17, 15) is 9.18 Å². The lowest BCUT2D eigenvalue weighted by Crippen LogP contribution is -2.22. The first kappa shape index (κ1) is 18.1. The number of esters is 1. The van der Waals surface area contributed by atoms with Crippen LogP contribution in [0.5, 0.6) is 0 Å². The lowest BCUT2D eigenvalue weighted by atomic mass is 9.86. The van der Waals surface area contributed by atoms with Gasteiger partial charge in [-0.05, 0) is 62.9 Å². The minimum atomic E-state index is -1.47. The van der Waals surface area contributed by atoms with E-state index in [1.807, 2.05) is 13.8 Å². The van der Waals surface area contributed by atoms with E-state index in [4.69, 9.17) is 10.5 Å². The molecule has 1 aromatic carbocycles. The van der Waals surface area contributed by atoms with Gasteiger partial charge in [-0.2, -0.15) is 0 Å². The predicted molar refractivity (Wildman–Crippen MR) is 85.9 cm³/mol. The van der Waals surface area contributed by atoms with Gasteiger partial charge in [0.2, 0.25) is 0 Å². The number of carbonyl (C=O) groups is 1. The molecule has 0 spiro atoms. The highest BCUT2D eigenvalue weighted by atomic mass is 79.9. The Morgan fingerprint density at radius 2 is 2.00 bits per heavy atom. The summed E-state index contributed by atoms with van der Waals surface area (Å²) in [6.07, 6.45) is 0.0815. The largest absolute Gasteiger partial charge is 0.466 e. The van der Waals surface area contributed by atoms with Crippen LogP contribution < -0.4 is 5.73 Å². The van der Waals surface area contributed by atoms with Crippen LogP contribution in [0, 0.1) is 13.8 Å². The first-order valence-corrected chi connectivity index (χ1v) is 7.79. The van der Waals surface area contributed by atoms with Gasteiger partial charge in [-0.25, -0.2) is 4.39 Å². The molecule has 0 saturated heterocycles. The fourth-order valence-electron chi connectivity index (χ4n) is 2.57. The molecular formula is C16H23BrFNO2. The van der Waals surface area contributed by atoms with E-state index in [1.165, 1.54) is 13.8 Å². The second-order valence-corrected chi connectivity index (χ2v) is 6.51. The van der Waals surface area contributed by atoms with Crippen molar-refractivity contribution in [2.24, 2.45) is 5.73 Å². The molecule has 3 nitrogen and oxygen atoms in total. The zero-order chi connectivity index (χ0) is 16.4. The first-order valence-electron chi connectivity index (χ1n) is 6.99. The van der Waals surface area contributed by atoms with Gasteiger partial charge in [-0.3, -0.25) is 4.79 Å². The fraction of sp³-hybridized carbons (Fsp3) is 0.562. The molecule has 1 aromatic rings. The third-order valence-corrected chi connectivity index (χ3v) is 4.37. The molecule has 21 heavy (non-hydrogen) atoms. The van der Waals surface area contributed by atoms with Gasteiger partial charge in [0.15, 0.2) is 0 Å². The zero-order valence-electron chi connectivity index (χ0n) is 13.2. The number of nitrogens with two attached hydrogens (primary N) is 1. The Bertz CT molecular complexity index is 538. The second kappa shape index (κ2) is 6.88. The van der Waals surface area contributed by atoms with Crippen molar-refractivity contribution in [3.8, 4) is 0 Å². The predicted octanol–water partition coefficient (Wildman–Crippen LogP) is 4.22. The number of halogens is 2. The number of hydrogen-bond acceptors (Lipinski definition) is 3. The molecule has 0 aliphatic rings. The number of benzene rings is 1. The van der Waals surface area contributed by atoms with Crippen molar-refractivity contribution in [1.29, 1.82) is 0 Å². The highest BCUT2D eigenvalue weighted by molar-refractivity contribution is 9.10. The van der Waals surface area contributed by atoms with E-state index < -0.39 is 11.7 Å². The minimum absolute atomic E-state index is 0.0815. The molecule has 0 aromatic heterocycles. The summed E-state index contributed by atoms with van der Waals surface area (Å²) in [6.45, 7) is 8.85. The summed E-state index contributed by atoms with van der Waals surface area (Å²) in [6, 6.07) is 1.27. The van der Waals surface area contributed by atoms with E-state index in [0.29, 0.717) is 12.2 Å². The normalized spacial score (nSPS) is 13.1. The van der Waals surface area contributed by atoms with Crippen molar-refractivity contribution >= 4 is 21.9 Å². The van der Waals surface area contributed by atoms with Crippen molar-refractivity contribution in [3.63, 3.8) is 0 Å². The third kappa shape index (κ3) is 4.27. The Kier molecular flexibility index (Phi) is 5.93. The average molecular weight is 360 g/mol. The van der Waals surface area contributed by atoms with Crippen LogP contribution in [0.1, 0.15) is 55.5 Å². The molecule has 1 unspecified atom stereocenters. The van der Waals surface area contributed by atoms with E-state index in [1.54, 1.807) is 13.0 Å². The van der Waals surface area contributed by atoms with Crippen molar-refractivity contribution in [2.45, 2.75) is 52.8 Å². The van der Waals surface area contributed by atoms with Gasteiger partial charge in [-0.1, -0.05) is 15.9 Å². The Morgan fingerprint density at radius 1 is 1.43 bits per heavy atom. The van der Waals surface area contributed by atoms with E-state index >= 15 is 0 Å². The van der Waals surface area contributed by atoms with Gasteiger partial charge in [0.05, 0.1) is 13.0 Å². The molecule has 0 bridgehead atoms. The van der Waals surface area contributed by atoms with Crippen molar-refractivity contribution in [3.05, 3.63) is 32.8 Å². The van der Waals surface area contributed by atoms with Gasteiger partial charge in [0.25, 0.3) is 0 Å². The van der Waals surface area contributed by atoms with Gasteiger partial charge in [0.1, 0.15) is 5.67 Å². The van der Waals surface area contributed by atoms with E-state index in [2.05, 4.69) is 15.9 Å². The van der Waals surface area contributed by atoms with Crippen LogP contribution in [0.3, 0.4) is 0 Å². The third-order valence-electron chi connectivity index (χ3n) is 3.54. The molecule has 118 valence electrons. The zero-order valence-corrected chi connectivity index (χ0v) is 14.8. The number of rotatable bonds is 5. The Balaban J connectivity index is 3.28. The Morgan fingerprint density at radius 3 is 2.48 bits per heavy atom. The maximum Gasteiger partial charge on any atom is 0.307 e. The number of alkyl halides is 1. The molecule has 0 heterocycles. The summed E-state index contributed by atoms with van der Waals surface area (Å²) in [5.74, 6) is -0.343. The number of carbonyl (C=O) groups excluding carboxylic acids is 1. The summed E-state index contributed by atoms with van der Waals surface area (Å²) in [7, 11) is 0. The van der Waals surface area contributed by atoms with Crippen molar-refractivity contribution < 1.29 is 13.9 Å². The molecule has 1 rings (SSSR count). The maximum absolute atomic E-state index is 14.4. The molecule has 2 N–H and O–H groups in total. The maximum atomic E-state index is 14.4. The van der Waals surface area contributed by atoms with E-state index in [0.717, 1.165) is 21.2 Å². The van der Waals surface area contributed by atoms with Crippen LogP contribution in [0.25, 0.3) is 0 Å². The molecule has 0 fully saturated rings. The summed E-state index contributed by atoms with van der Waals surface area (Å²) >= 11 is 3.45. The van der Waals surface area contributed by atoms with Crippen LogP contribution >= 0.6 is 15.9 Å². The van der Waals surface area contributed by atoms with Gasteiger partial charge in [0, 0.05) is 10.5 Å². The molecule has 0 saturated carbocycles. The lowest BCUT2D eigenvalue weighted by molar-refractivity contribution is -0.143. The summed E-state index contributed by atoms with van der Waals surface area (Å²) in [4.78, 5) is 11.6. The molecule has 5 heteroatoms. The van der Waals surface area contributed by atoms with Crippen LogP contribution in [0.2, 0.25) is 0 Å². The molecule has 0 amide bonds. The van der Waals surface area contributed by atoms with Crippen LogP contribution in [0.4, 0.5) is 4.39 Å². The fourth-order valence-corrected chi connectivity index (χ4v) is 3.02. The Labute approximate surface area is 134 Å². The minimum Gasteiger partial charge on any atom is -0.466 e. The number of ether oxygens (including phenoxy) is 1.